The van der Waals surface area contributed by atoms with Gasteiger partial charge in [0.15, 0.2) is 23.2 Å². The largest absolute Gasteiger partial charge is 0.443 e. The van der Waals surface area contributed by atoms with Gasteiger partial charge in [0.25, 0.3) is 0 Å². The molecule has 3 aromatic rings. The summed E-state index contributed by atoms with van der Waals surface area (Å²) < 4.78 is 12.0. The molecule has 12 heteroatoms. The molecule has 4 N–H and O–H groups in total. The van der Waals surface area contributed by atoms with Gasteiger partial charge in [-0.15, -0.1) is 5.06 Å². The number of imidazole rings is 1. The zero-order chi connectivity index (χ0) is 22.2. The second-order valence-electron chi connectivity index (χ2n) is 7.25. The second kappa shape index (κ2) is 8.17. The third-order valence-corrected chi connectivity index (χ3v) is 5.11. The molecule has 1 aliphatic heterocycles. The summed E-state index contributed by atoms with van der Waals surface area (Å²) in [5.74, 6) is -0.237. The van der Waals surface area contributed by atoms with E-state index < -0.39 is 36.7 Å². The van der Waals surface area contributed by atoms with E-state index in [1.165, 1.54) is 17.8 Å². The molecule has 1 amide bonds. The summed E-state index contributed by atoms with van der Waals surface area (Å²) in [4.78, 5) is 24.4. The van der Waals surface area contributed by atoms with E-state index in [9.17, 15) is 25.3 Å². The van der Waals surface area contributed by atoms with Crippen LogP contribution in [0.15, 0.2) is 43.0 Å². The van der Waals surface area contributed by atoms with Gasteiger partial charge in [0.05, 0.1) is 12.9 Å². The van der Waals surface area contributed by atoms with Gasteiger partial charge in [-0.1, -0.05) is 30.3 Å². The lowest BCUT2D eigenvalue weighted by Crippen LogP contribution is -2.44. The Morgan fingerprint density at radius 3 is 2.71 bits per heavy atom. The molecule has 0 unspecified atom stereocenters. The Hall–Kier alpha value is -3.16. The molecule has 0 spiro atoms. The number of hydrogen-bond acceptors (Lipinski definition) is 10. The van der Waals surface area contributed by atoms with Crippen molar-refractivity contribution >= 4 is 23.1 Å². The van der Waals surface area contributed by atoms with Crippen LogP contribution in [0.3, 0.4) is 0 Å². The van der Waals surface area contributed by atoms with Gasteiger partial charge in [0.2, 0.25) is 0 Å². The number of hydroxylamine groups is 1. The van der Waals surface area contributed by atoms with Gasteiger partial charge in [-0.2, -0.15) is 0 Å². The summed E-state index contributed by atoms with van der Waals surface area (Å²) in [6.45, 7) is 0.794. The van der Waals surface area contributed by atoms with E-state index in [-0.39, 0.29) is 28.7 Å². The van der Waals surface area contributed by atoms with Crippen molar-refractivity contribution in [2.45, 2.75) is 37.6 Å². The summed E-state index contributed by atoms with van der Waals surface area (Å²) in [6.07, 6.45) is -2.22. The summed E-state index contributed by atoms with van der Waals surface area (Å²) >= 11 is 0. The number of anilines is 1. The molecule has 164 valence electrons. The maximum Gasteiger partial charge on any atom is 0.440 e. The van der Waals surface area contributed by atoms with E-state index in [1.807, 2.05) is 6.07 Å². The molecule has 3 heterocycles. The van der Waals surface area contributed by atoms with Crippen LogP contribution in [0.2, 0.25) is 0 Å². The zero-order valence-electron chi connectivity index (χ0n) is 16.4. The minimum absolute atomic E-state index is 0.0306. The van der Waals surface area contributed by atoms with E-state index in [1.54, 1.807) is 24.3 Å². The van der Waals surface area contributed by atoms with Crippen LogP contribution in [0.25, 0.3) is 11.2 Å². The van der Waals surface area contributed by atoms with Crippen molar-refractivity contribution in [3.63, 3.8) is 0 Å². The highest BCUT2D eigenvalue weighted by atomic mass is 16.6. The molecular weight excluding hydrogens is 410 g/mol. The molecule has 0 aliphatic carbocycles. The van der Waals surface area contributed by atoms with Gasteiger partial charge < -0.3 is 24.8 Å². The van der Waals surface area contributed by atoms with E-state index in [4.69, 9.17) is 9.47 Å². The fourth-order valence-corrected chi connectivity index (χ4v) is 3.42. The number of nitrogens with zero attached hydrogens (tertiary/aromatic N) is 5. The Morgan fingerprint density at radius 2 is 2.03 bits per heavy atom. The molecule has 1 fully saturated rings. The summed E-state index contributed by atoms with van der Waals surface area (Å²) in [5.41, 5.74) is -0.877. The molecule has 0 bridgehead atoms. The Balaban J connectivity index is 1.59. The molecule has 12 nitrogen and oxygen atoms in total. The Bertz CT molecular complexity index is 1070. The number of hydrogen-bond donors (Lipinski definition) is 4. The first-order chi connectivity index (χ1) is 14.8. The summed E-state index contributed by atoms with van der Waals surface area (Å²) in [7, 11) is 0. The highest BCUT2D eigenvalue weighted by Crippen LogP contribution is 2.39. The van der Waals surface area contributed by atoms with Gasteiger partial charge in [-0.25, -0.2) is 19.7 Å². The van der Waals surface area contributed by atoms with Gasteiger partial charge in [0, 0.05) is 0 Å². The molecule has 0 radical (unpaired) electrons. The van der Waals surface area contributed by atoms with E-state index in [0.29, 0.717) is 0 Å². The number of aromatic nitrogens is 4. The van der Waals surface area contributed by atoms with Crippen LogP contribution in [0, 0.1) is 0 Å². The third-order valence-electron chi connectivity index (χ3n) is 5.11. The molecule has 1 aromatic carbocycles. The van der Waals surface area contributed by atoms with Crippen LogP contribution in [0.4, 0.5) is 10.6 Å². The topological polar surface area (TPSA) is 163 Å². The molecule has 1 aliphatic rings. The molecule has 4 atom stereocenters. The highest BCUT2D eigenvalue weighted by Gasteiger charge is 2.53. The molecule has 1 saturated heterocycles. The van der Waals surface area contributed by atoms with Crippen LogP contribution >= 0.6 is 0 Å². The third kappa shape index (κ3) is 3.71. The van der Waals surface area contributed by atoms with Crippen LogP contribution in [-0.4, -0.2) is 70.6 Å². The van der Waals surface area contributed by atoms with E-state index in [0.717, 1.165) is 11.9 Å². The van der Waals surface area contributed by atoms with Crippen molar-refractivity contribution in [2.24, 2.45) is 0 Å². The first-order valence-electron chi connectivity index (χ1n) is 9.38. The number of aliphatic hydroxyl groups is 3. The lowest BCUT2D eigenvalue weighted by atomic mass is 9.96. The molecule has 4 rings (SSSR count). The molecule has 0 saturated carbocycles. The minimum atomic E-state index is -1.76. The van der Waals surface area contributed by atoms with Crippen molar-refractivity contribution in [3.8, 4) is 0 Å². The SMILES string of the molecule is C[C@@]1(O)[C@H](O)[C@@H](CO)O[C@H]1n1cnc2c(N(O)C(=O)OCc3ccccc3)ncnc21. The number of rotatable bonds is 5. The van der Waals surface area contributed by atoms with Crippen molar-refractivity contribution in [1.82, 2.24) is 19.5 Å². The lowest BCUT2D eigenvalue weighted by molar-refractivity contribution is -0.0950. The lowest BCUT2D eigenvalue weighted by Gasteiger charge is -2.27. The van der Waals surface area contributed by atoms with E-state index >= 15 is 0 Å². The fraction of sp³-hybridized carbons (Fsp3) is 0.368. The summed E-state index contributed by atoms with van der Waals surface area (Å²) in [6, 6.07) is 8.94. The summed E-state index contributed by atoms with van der Waals surface area (Å²) in [5, 5.41) is 40.8. The number of benzene rings is 1. The number of carbonyl (C=O) groups excluding carboxylic acids is 1. The van der Waals surface area contributed by atoms with Gasteiger partial charge in [-0.3, -0.25) is 9.77 Å². The molecule has 2 aromatic heterocycles. The monoisotopic (exact) mass is 431 g/mol. The Morgan fingerprint density at radius 1 is 1.29 bits per heavy atom. The van der Waals surface area contributed by atoms with Crippen LogP contribution < -0.4 is 5.06 Å². The normalized spacial score (nSPS) is 25.6. The van der Waals surface area contributed by atoms with Crippen molar-refractivity contribution in [2.75, 3.05) is 11.7 Å². The first-order valence-corrected chi connectivity index (χ1v) is 9.38. The number of carbonyl (C=O) groups is 1. The van der Waals surface area contributed by atoms with Gasteiger partial charge in [-0.05, 0) is 12.5 Å². The van der Waals surface area contributed by atoms with Gasteiger partial charge >= 0.3 is 6.09 Å². The average Bonchev–Trinajstić information content (AvgIpc) is 3.30. The molecule has 31 heavy (non-hydrogen) atoms. The number of aliphatic hydroxyl groups excluding tert-OH is 2. The van der Waals surface area contributed by atoms with Crippen molar-refractivity contribution in [1.29, 1.82) is 0 Å². The quantitative estimate of drug-likeness (QED) is 0.328. The predicted octanol–water partition coefficient (Wildman–Crippen LogP) is 0.360. The average molecular weight is 431 g/mol. The Kier molecular flexibility index (Phi) is 5.56. The number of ether oxygens (including phenoxy) is 2. The second-order valence-corrected chi connectivity index (χ2v) is 7.25. The molecular formula is C19H21N5O7. The van der Waals surface area contributed by atoms with Crippen LogP contribution in [0.1, 0.15) is 18.7 Å². The van der Waals surface area contributed by atoms with Crippen LogP contribution in [-0.2, 0) is 16.1 Å². The number of fused-ring (bicyclic) bond motifs is 1. The highest BCUT2D eigenvalue weighted by molar-refractivity contribution is 5.93. The van der Waals surface area contributed by atoms with Crippen LogP contribution in [0.5, 0.6) is 0 Å². The minimum Gasteiger partial charge on any atom is -0.443 e. The predicted molar refractivity (Wildman–Crippen MR) is 104 cm³/mol. The van der Waals surface area contributed by atoms with Gasteiger partial charge in [0.1, 0.15) is 30.7 Å². The zero-order valence-corrected chi connectivity index (χ0v) is 16.4. The van der Waals surface area contributed by atoms with Crippen molar-refractivity contribution < 1.29 is 34.8 Å². The maximum absolute atomic E-state index is 12.3. The smallest absolute Gasteiger partial charge is 0.440 e. The maximum atomic E-state index is 12.3. The number of amides is 1. The van der Waals surface area contributed by atoms with E-state index in [2.05, 4.69) is 15.0 Å². The Labute approximate surface area is 175 Å². The standard InChI is InChI=1S/C19H21N5O7/c1-19(28)14(26)12(7-25)31-17(19)23-10-22-13-15(23)20-9-21-16(13)24(29)18(27)30-8-11-5-3-2-4-6-11/h2-6,9-10,12,14,17,25-26,28-29H,7-8H2,1H3/t12-,14-,17-,19-/m1/s1. The first kappa shape index (κ1) is 21.1. The van der Waals surface area contributed by atoms with Crippen molar-refractivity contribution in [3.05, 3.63) is 48.5 Å². The fourth-order valence-electron chi connectivity index (χ4n) is 3.42.